The molecule has 1 aromatic heterocycles. The molecular weight excluding hydrogens is 278 g/mol. The van der Waals surface area contributed by atoms with E-state index in [0.717, 1.165) is 31.1 Å². The molecule has 108 valence electrons. The number of carbonyl (C=O) groups is 2. The summed E-state index contributed by atoms with van der Waals surface area (Å²) in [7, 11) is 0. The Morgan fingerprint density at radius 2 is 2.10 bits per heavy atom. The molecule has 2 N–H and O–H groups in total. The van der Waals surface area contributed by atoms with Crippen LogP contribution < -0.4 is 5.32 Å². The standard InChI is InChI=1S/C13H17N3O3S/c17-12(10-1-2-11(13(18)19)15-9-10)14-3-4-16-5-7-20-8-6-16/h1-2,9H,3-8H2,(H,14,17)(H,18,19). The zero-order valence-corrected chi connectivity index (χ0v) is 11.9. The Balaban J connectivity index is 1.77. The molecule has 2 rings (SSSR count). The van der Waals surface area contributed by atoms with E-state index in [-0.39, 0.29) is 11.6 Å². The van der Waals surface area contributed by atoms with Gasteiger partial charge in [-0.25, -0.2) is 9.78 Å². The normalized spacial score (nSPS) is 15.8. The molecular formula is C13H17N3O3S. The van der Waals surface area contributed by atoms with Gasteiger partial charge in [0.15, 0.2) is 0 Å². The summed E-state index contributed by atoms with van der Waals surface area (Å²) < 4.78 is 0. The van der Waals surface area contributed by atoms with Crippen molar-refractivity contribution in [2.45, 2.75) is 0 Å². The number of amides is 1. The van der Waals surface area contributed by atoms with Gasteiger partial charge in [-0.3, -0.25) is 9.69 Å². The molecule has 2 heterocycles. The van der Waals surface area contributed by atoms with Crippen LogP contribution in [0.25, 0.3) is 0 Å². The topological polar surface area (TPSA) is 82.5 Å². The molecule has 1 aliphatic rings. The molecule has 20 heavy (non-hydrogen) atoms. The monoisotopic (exact) mass is 295 g/mol. The third-order valence-electron chi connectivity index (χ3n) is 3.06. The lowest BCUT2D eigenvalue weighted by molar-refractivity contribution is 0.0689. The summed E-state index contributed by atoms with van der Waals surface area (Å²) in [5, 5.41) is 11.5. The third kappa shape index (κ3) is 4.21. The van der Waals surface area contributed by atoms with Crippen LogP contribution in [0.5, 0.6) is 0 Å². The molecule has 0 aromatic carbocycles. The number of nitrogens with zero attached hydrogens (tertiary/aromatic N) is 2. The van der Waals surface area contributed by atoms with Crippen molar-refractivity contribution in [2.75, 3.05) is 37.7 Å². The molecule has 7 heteroatoms. The average molecular weight is 295 g/mol. The molecule has 1 aromatic rings. The van der Waals surface area contributed by atoms with Crippen molar-refractivity contribution in [2.24, 2.45) is 0 Å². The lowest BCUT2D eigenvalue weighted by Crippen LogP contribution is -2.39. The first kappa shape index (κ1) is 14.8. The number of carboxylic acids is 1. The van der Waals surface area contributed by atoms with Crippen molar-refractivity contribution in [3.63, 3.8) is 0 Å². The van der Waals surface area contributed by atoms with Gasteiger partial charge in [-0.15, -0.1) is 0 Å². The van der Waals surface area contributed by atoms with Crippen LogP contribution >= 0.6 is 11.8 Å². The summed E-state index contributed by atoms with van der Waals surface area (Å²) in [6, 6.07) is 2.81. The summed E-state index contributed by atoms with van der Waals surface area (Å²) in [5.74, 6) is 0.976. The number of hydrogen-bond acceptors (Lipinski definition) is 5. The van der Waals surface area contributed by atoms with Crippen molar-refractivity contribution in [3.8, 4) is 0 Å². The number of hydrogen-bond donors (Lipinski definition) is 2. The first-order chi connectivity index (χ1) is 9.66. The van der Waals surface area contributed by atoms with Crippen molar-refractivity contribution < 1.29 is 14.7 Å². The first-order valence-corrected chi connectivity index (χ1v) is 7.60. The minimum atomic E-state index is -1.10. The van der Waals surface area contributed by atoms with Gasteiger partial charge in [0.1, 0.15) is 5.69 Å². The number of aromatic carboxylic acids is 1. The van der Waals surface area contributed by atoms with E-state index in [9.17, 15) is 9.59 Å². The minimum absolute atomic E-state index is 0.0626. The molecule has 0 aliphatic carbocycles. The van der Waals surface area contributed by atoms with Gasteiger partial charge in [0.05, 0.1) is 5.56 Å². The quantitative estimate of drug-likeness (QED) is 0.826. The smallest absolute Gasteiger partial charge is 0.354 e. The minimum Gasteiger partial charge on any atom is -0.477 e. The second-order valence-corrected chi connectivity index (χ2v) is 5.67. The van der Waals surface area contributed by atoms with Crippen LogP contribution in [0.2, 0.25) is 0 Å². The van der Waals surface area contributed by atoms with Crippen molar-refractivity contribution in [1.29, 1.82) is 0 Å². The SMILES string of the molecule is O=C(NCCN1CCSCC1)c1ccc(C(=O)O)nc1. The predicted molar refractivity (Wildman–Crippen MR) is 77.3 cm³/mol. The second-order valence-electron chi connectivity index (χ2n) is 4.45. The van der Waals surface area contributed by atoms with Crippen LogP contribution in [0.15, 0.2) is 18.3 Å². The summed E-state index contributed by atoms with van der Waals surface area (Å²) in [6.45, 7) is 3.56. The maximum absolute atomic E-state index is 11.8. The molecule has 1 aliphatic heterocycles. The lowest BCUT2D eigenvalue weighted by atomic mass is 10.2. The number of rotatable bonds is 5. The Kier molecular flexibility index (Phi) is 5.37. The van der Waals surface area contributed by atoms with E-state index in [0.29, 0.717) is 12.1 Å². The molecule has 0 saturated carbocycles. The average Bonchev–Trinajstić information content (AvgIpc) is 2.48. The number of carbonyl (C=O) groups excluding carboxylic acids is 1. The van der Waals surface area contributed by atoms with Crippen LogP contribution in [-0.4, -0.2) is 64.6 Å². The van der Waals surface area contributed by atoms with Gasteiger partial charge in [0.2, 0.25) is 0 Å². The van der Waals surface area contributed by atoms with Crippen LogP contribution in [0, 0.1) is 0 Å². The number of carboxylic acid groups (broad SMARTS) is 1. The Hall–Kier alpha value is -1.60. The Labute approximate surface area is 121 Å². The van der Waals surface area contributed by atoms with Crippen LogP contribution in [0.3, 0.4) is 0 Å². The fraction of sp³-hybridized carbons (Fsp3) is 0.462. The van der Waals surface area contributed by atoms with Gasteiger partial charge in [-0.05, 0) is 12.1 Å². The van der Waals surface area contributed by atoms with E-state index >= 15 is 0 Å². The van der Waals surface area contributed by atoms with E-state index in [4.69, 9.17) is 5.11 Å². The Morgan fingerprint density at radius 3 is 2.70 bits per heavy atom. The van der Waals surface area contributed by atoms with Crippen LogP contribution in [0.1, 0.15) is 20.8 Å². The lowest BCUT2D eigenvalue weighted by Gasteiger charge is -2.25. The van der Waals surface area contributed by atoms with Gasteiger partial charge < -0.3 is 10.4 Å². The van der Waals surface area contributed by atoms with Gasteiger partial charge in [-0.2, -0.15) is 11.8 Å². The highest BCUT2D eigenvalue weighted by molar-refractivity contribution is 7.99. The molecule has 0 radical (unpaired) electrons. The van der Waals surface area contributed by atoms with E-state index in [1.165, 1.54) is 18.3 Å². The van der Waals surface area contributed by atoms with Crippen molar-refractivity contribution in [3.05, 3.63) is 29.6 Å². The number of thioether (sulfide) groups is 1. The zero-order valence-electron chi connectivity index (χ0n) is 11.0. The van der Waals surface area contributed by atoms with E-state index in [2.05, 4.69) is 15.2 Å². The maximum Gasteiger partial charge on any atom is 0.354 e. The molecule has 1 fully saturated rings. The summed E-state index contributed by atoms with van der Waals surface area (Å²) in [4.78, 5) is 28.6. The summed E-state index contributed by atoms with van der Waals surface area (Å²) in [6.07, 6.45) is 1.29. The predicted octanol–water partition coefficient (Wildman–Crippen LogP) is 0.558. The highest BCUT2D eigenvalue weighted by atomic mass is 32.2. The van der Waals surface area contributed by atoms with Gasteiger partial charge >= 0.3 is 5.97 Å². The van der Waals surface area contributed by atoms with Gasteiger partial charge in [0, 0.05) is 43.9 Å². The highest BCUT2D eigenvalue weighted by Gasteiger charge is 2.11. The van der Waals surface area contributed by atoms with E-state index in [1.807, 2.05) is 11.8 Å². The van der Waals surface area contributed by atoms with E-state index < -0.39 is 5.97 Å². The molecule has 0 spiro atoms. The van der Waals surface area contributed by atoms with Crippen molar-refractivity contribution in [1.82, 2.24) is 15.2 Å². The van der Waals surface area contributed by atoms with E-state index in [1.54, 1.807) is 0 Å². The Bertz CT molecular complexity index is 472. The van der Waals surface area contributed by atoms with Crippen LogP contribution in [-0.2, 0) is 0 Å². The molecule has 0 atom stereocenters. The zero-order chi connectivity index (χ0) is 14.4. The number of pyridine rings is 1. The fourth-order valence-electron chi connectivity index (χ4n) is 1.91. The first-order valence-electron chi connectivity index (χ1n) is 6.44. The molecule has 1 amide bonds. The largest absolute Gasteiger partial charge is 0.477 e. The molecule has 0 bridgehead atoms. The van der Waals surface area contributed by atoms with Crippen LogP contribution in [0.4, 0.5) is 0 Å². The molecule has 1 saturated heterocycles. The van der Waals surface area contributed by atoms with Gasteiger partial charge in [0.25, 0.3) is 5.91 Å². The second kappa shape index (κ2) is 7.25. The Morgan fingerprint density at radius 1 is 1.35 bits per heavy atom. The third-order valence-corrected chi connectivity index (χ3v) is 4.00. The number of aromatic nitrogens is 1. The summed E-state index contributed by atoms with van der Waals surface area (Å²) in [5.41, 5.74) is 0.316. The fourth-order valence-corrected chi connectivity index (χ4v) is 2.89. The van der Waals surface area contributed by atoms with Crippen molar-refractivity contribution >= 4 is 23.6 Å². The summed E-state index contributed by atoms with van der Waals surface area (Å²) >= 11 is 1.95. The number of nitrogens with one attached hydrogen (secondary N) is 1. The highest BCUT2D eigenvalue weighted by Crippen LogP contribution is 2.08. The molecule has 6 nitrogen and oxygen atoms in total. The maximum atomic E-state index is 11.8. The molecule has 0 unspecified atom stereocenters. The van der Waals surface area contributed by atoms with Gasteiger partial charge in [-0.1, -0.05) is 0 Å².